The number of halogens is 2. The van der Waals surface area contributed by atoms with Crippen LogP contribution in [0.4, 0.5) is 9.93 Å². The van der Waals surface area contributed by atoms with E-state index in [9.17, 15) is 9.59 Å². The smallest absolute Gasteiger partial charge is 0.321 e. The third kappa shape index (κ3) is 8.05. The van der Waals surface area contributed by atoms with Crippen molar-refractivity contribution in [3.05, 3.63) is 33.8 Å². The van der Waals surface area contributed by atoms with E-state index in [1.807, 2.05) is 19.1 Å². The molecule has 2 aromatic rings. The number of hydrogen-bond donors (Lipinski definition) is 3. The second kappa shape index (κ2) is 12.6. The number of nitrogens with one attached hydrogen (secondary N) is 3. The number of aromatic nitrogens is 2. The maximum Gasteiger partial charge on any atom is 0.321 e. The minimum atomic E-state index is -0.335. The predicted molar refractivity (Wildman–Crippen MR) is 128 cm³/mol. The molecule has 0 spiro atoms. The fourth-order valence-corrected chi connectivity index (χ4v) is 4.87. The number of carbonyl (C=O) groups excluding carboxylic acids is 2. The summed E-state index contributed by atoms with van der Waals surface area (Å²) in [6, 6.07) is 5.30. The number of benzene rings is 1. The summed E-state index contributed by atoms with van der Waals surface area (Å²) < 4.78 is 6.39. The zero-order valence-electron chi connectivity index (χ0n) is 17.4. The number of amides is 3. The molecule has 0 aliphatic carbocycles. The van der Waals surface area contributed by atoms with Crippen LogP contribution in [0.2, 0.25) is 10.0 Å². The number of hydrogen-bond acceptors (Lipinski definition) is 8. The predicted octanol–water partition coefficient (Wildman–Crippen LogP) is 3.10. The van der Waals surface area contributed by atoms with Crippen LogP contribution in [-0.4, -0.2) is 71.7 Å². The third-order valence-corrected chi connectivity index (χ3v) is 7.14. The first-order valence-electron chi connectivity index (χ1n) is 9.98. The molecule has 1 aromatic heterocycles. The molecule has 1 atom stereocenters. The van der Waals surface area contributed by atoms with E-state index in [1.165, 1.54) is 23.1 Å². The van der Waals surface area contributed by atoms with Gasteiger partial charge in [-0.05, 0) is 24.6 Å². The Balaban J connectivity index is 1.37. The van der Waals surface area contributed by atoms with Crippen LogP contribution in [0.25, 0.3) is 0 Å². The van der Waals surface area contributed by atoms with Gasteiger partial charge in [0.25, 0.3) is 0 Å². The van der Waals surface area contributed by atoms with Crippen molar-refractivity contribution in [3.8, 4) is 0 Å². The van der Waals surface area contributed by atoms with E-state index in [-0.39, 0.29) is 23.8 Å². The Morgan fingerprint density at radius 3 is 2.91 bits per heavy atom. The highest BCUT2D eigenvalue weighted by molar-refractivity contribution is 8.01. The van der Waals surface area contributed by atoms with E-state index in [1.54, 1.807) is 6.07 Å². The zero-order chi connectivity index (χ0) is 22.9. The largest absolute Gasteiger partial charge is 0.374 e. The summed E-state index contributed by atoms with van der Waals surface area (Å²) in [4.78, 5) is 26.0. The van der Waals surface area contributed by atoms with Crippen LogP contribution >= 0.6 is 46.3 Å². The minimum absolute atomic E-state index is 0.0881. The number of carbonyl (C=O) groups is 2. The second-order valence-electron chi connectivity index (χ2n) is 6.93. The number of nitrogens with zero attached hydrogens (tertiary/aromatic N) is 3. The number of thioether (sulfide) groups is 1. The molecule has 1 saturated heterocycles. The average molecular weight is 519 g/mol. The first-order valence-corrected chi connectivity index (χ1v) is 12.5. The van der Waals surface area contributed by atoms with Gasteiger partial charge in [-0.25, -0.2) is 4.79 Å². The lowest BCUT2D eigenvalue weighted by Gasteiger charge is -2.33. The molecule has 9 nitrogen and oxygen atoms in total. The molecule has 13 heteroatoms. The summed E-state index contributed by atoms with van der Waals surface area (Å²) in [5, 5.41) is 17.4. The summed E-state index contributed by atoms with van der Waals surface area (Å²) in [5.74, 6) is 0.0869. The quantitative estimate of drug-likeness (QED) is 0.345. The first kappa shape index (κ1) is 25.0. The average Bonchev–Trinajstić information content (AvgIpc) is 3.21. The lowest BCUT2D eigenvalue weighted by molar-refractivity contribution is -0.119. The van der Waals surface area contributed by atoms with Crippen LogP contribution in [0.5, 0.6) is 0 Å². The third-order valence-electron chi connectivity index (χ3n) is 4.43. The Labute approximate surface area is 204 Å². The second-order valence-corrected chi connectivity index (χ2v) is 9.94. The van der Waals surface area contributed by atoms with Crippen molar-refractivity contribution >= 4 is 63.4 Å². The minimum Gasteiger partial charge on any atom is -0.374 e. The van der Waals surface area contributed by atoms with Crippen LogP contribution in [0, 0.1) is 0 Å². The Bertz CT molecular complexity index is 932. The van der Waals surface area contributed by atoms with Crippen molar-refractivity contribution in [1.82, 2.24) is 25.7 Å². The van der Waals surface area contributed by atoms with Gasteiger partial charge >= 0.3 is 6.03 Å². The van der Waals surface area contributed by atoms with Gasteiger partial charge in [0.2, 0.25) is 11.0 Å². The molecule has 0 radical (unpaired) electrons. The molecule has 0 saturated carbocycles. The highest BCUT2D eigenvalue weighted by atomic mass is 35.5. The van der Waals surface area contributed by atoms with Crippen molar-refractivity contribution in [2.45, 2.75) is 23.9 Å². The molecular formula is C19H24Cl2N6O3S2. The number of rotatable bonds is 9. The van der Waals surface area contributed by atoms with Crippen LogP contribution in [0.3, 0.4) is 0 Å². The van der Waals surface area contributed by atoms with Gasteiger partial charge in [0, 0.05) is 32.7 Å². The fourth-order valence-electron chi connectivity index (χ4n) is 2.97. The molecule has 3 N–H and O–H groups in total. The fraction of sp³-hybridized carbons (Fsp3) is 0.474. The molecule has 1 aliphatic rings. The van der Waals surface area contributed by atoms with Crippen molar-refractivity contribution < 1.29 is 14.3 Å². The molecule has 1 unspecified atom stereocenters. The molecule has 3 rings (SSSR count). The van der Waals surface area contributed by atoms with E-state index < -0.39 is 0 Å². The van der Waals surface area contributed by atoms with Crippen LogP contribution in [0.1, 0.15) is 12.5 Å². The number of anilines is 1. The Morgan fingerprint density at radius 2 is 2.12 bits per heavy atom. The number of urea groups is 1. The van der Waals surface area contributed by atoms with Gasteiger partial charge in [-0.3, -0.25) is 15.0 Å². The summed E-state index contributed by atoms with van der Waals surface area (Å²) >= 11 is 14.6. The lowest BCUT2D eigenvalue weighted by atomic mass is 10.2. The molecule has 3 amide bonds. The van der Waals surface area contributed by atoms with Crippen LogP contribution in [0.15, 0.2) is 22.5 Å². The van der Waals surface area contributed by atoms with Crippen LogP contribution < -0.4 is 16.0 Å². The van der Waals surface area contributed by atoms with E-state index in [2.05, 4.69) is 31.0 Å². The van der Waals surface area contributed by atoms with E-state index >= 15 is 0 Å². The SMILES string of the molecule is CCNC(=O)Nc1nnc(SCC(=O)NCC2CN(Cc3ccc(Cl)c(Cl)c3)CCO2)s1. The van der Waals surface area contributed by atoms with Gasteiger partial charge in [-0.15, -0.1) is 10.2 Å². The van der Waals surface area contributed by atoms with E-state index in [0.29, 0.717) is 45.8 Å². The summed E-state index contributed by atoms with van der Waals surface area (Å²) in [6.45, 7) is 5.63. The normalized spacial score (nSPS) is 16.5. The molecular weight excluding hydrogens is 495 g/mol. The van der Waals surface area contributed by atoms with Gasteiger partial charge in [0.15, 0.2) is 4.34 Å². The monoisotopic (exact) mass is 518 g/mol. The lowest BCUT2D eigenvalue weighted by Crippen LogP contribution is -2.47. The highest BCUT2D eigenvalue weighted by Gasteiger charge is 2.21. The van der Waals surface area contributed by atoms with Crippen LogP contribution in [-0.2, 0) is 16.1 Å². The van der Waals surface area contributed by atoms with Gasteiger partial charge in [0.1, 0.15) is 0 Å². The molecule has 2 heterocycles. The molecule has 1 fully saturated rings. The summed E-state index contributed by atoms with van der Waals surface area (Å²) in [7, 11) is 0. The van der Waals surface area contributed by atoms with E-state index in [0.717, 1.165) is 18.7 Å². The van der Waals surface area contributed by atoms with Gasteiger partial charge in [-0.1, -0.05) is 52.4 Å². The van der Waals surface area contributed by atoms with E-state index in [4.69, 9.17) is 27.9 Å². The van der Waals surface area contributed by atoms with Gasteiger partial charge < -0.3 is 15.4 Å². The summed E-state index contributed by atoms with van der Waals surface area (Å²) in [6.07, 6.45) is -0.0881. The Morgan fingerprint density at radius 1 is 1.28 bits per heavy atom. The maximum absolute atomic E-state index is 12.2. The highest BCUT2D eigenvalue weighted by Crippen LogP contribution is 2.25. The zero-order valence-corrected chi connectivity index (χ0v) is 20.5. The van der Waals surface area contributed by atoms with Crippen molar-refractivity contribution in [2.24, 2.45) is 0 Å². The molecule has 1 aromatic carbocycles. The Hall–Kier alpha value is -1.63. The molecule has 0 bridgehead atoms. The standard InChI is InChI=1S/C19H24Cl2N6O3S2/c1-2-22-17(29)24-18-25-26-19(32-18)31-11-16(28)23-8-13-10-27(5-6-30-13)9-12-3-4-14(20)15(21)7-12/h3-4,7,13H,2,5-6,8-11H2,1H3,(H,23,28)(H2,22,24,25,29). The topological polar surface area (TPSA) is 108 Å². The van der Waals surface area contributed by atoms with Gasteiger partial charge in [0.05, 0.1) is 28.5 Å². The van der Waals surface area contributed by atoms with Gasteiger partial charge in [-0.2, -0.15) is 0 Å². The van der Waals surface area contributed by atoms with Crippen molar-refractivity contribution in [3.63, 3.8) is 0 Å². The summed E-state index contributed by atoms with van der Waals surface area (Å²) in [5.41, 5.74) is 1.08. The van der Waals surface area contributed by atoms with Crippen molar-refractivity contribution in [2.75, 3.05) is 43.9 Å². The Kier molecular flexibility index (Phi) is 9.82. The molecule has 1 aliphatic heterocycles. The first-order chi connectivity index (χ1) is 15.4. The maximum atomic E-state index is 12.2. The number of morpholine rings is 1. The molecule has 32 heavy (non-hydrogen) atoms. The van der Waals surface area contributed by atoms with Crippen molar-refractivity contribution in [1.29, 1.82) is 0 Å². The number of ether oxygens (including phenoxy) is 1. The molecule has 174 valence electrons.